The molecule has 0 bridgehead atoms. The maximum absolute atomic E-state index is 8.80. The van der Waals surface area contributed by atoms with E-state index in [0.29, 0.717) is 5.69 Å². The highest BCUT2D eigenvalue weighted by Crippen LogP contribution is 2.05. The summed E-state index contributed by atoms with van der Waals surface area (Å²) in [6.45, 7) is 6.37. The molecule has 0 saturated carbocycles. The molecule has 1 aromatic rings. The van der Waals surface area contributed by atoms with Gasteiger partial charge < -0.3 is 14.6 Å². The van der Waals surface area contributed by atoms with Gasteiger partial charge in [-0.2, -0.15) is 5.26 Å². The Balaban J connectivity index is 2.35. The Bertz CT molecular complexity index is 365. The van der Waals surface area contributed by atoms with Crippen LogP contribution in [0.4, 0.5) is 0 Å². The molecule has 1 rings (SSSR count). The maximum atomic E-state index is 8.80. The Morgan fingerprint density at radius 1 is 1.62 bits per heavy atom. The Morgan fingerprint density at radius 3 is 2.94 bits per heavy atom. The van der Waals surface area contributed by atoms with Gasteiger partial charge in [0.05, 0.1) is 6.10 Å². The van der Waals surface area contributed by atoms with E-state index >= 15 is 0 Å². The SMILES string of the molecule is CCOC(C)CNCc1cc(C#N)n(C)c1. The van der Waals surface area contributed by atoms with E-state index in [9.17, 15) is 0 Å². The van der Waals surface area contributed by atoms with Crippen molar-refractivity contribution in [2.75, 3.05) is 13.2 Å². The van der Waals surface area contributed by atoms with Crippen molar-refractivity contribution >= 4 is 0 Å². The van der Waals surface area contributed by atoms with Gasteiger partial charge in [-0.15, -0.1) is 0 Å². The van der Waals surface area contributed by atoms with Gasteiger partial charge in [0.1, 0.15) is 11.8 Å². The van der Waals surface area contributed by atoms with E-state index in [1.54, 1.807) is 0 Å². The quantitative estimate of drug-likeness (QED) is 0.790. The first-order chi connectivity index (χ1) is 7.67. The molecule has 0 aliphatic heterocycles. The molecule has 4 heteroatoms. The summed E-state index contributed by atoms with van der Waals surface area (Å²) in [6.07, 6.45) is 2.20. The summed E-state index contributed by atoms with van der Waals surface area (Å²) in [4.78, 5) is 0. The third-order valence-electron chi connectivity index (χ3n) is 2.39. The molecular weight excluding hydrogens is 202 g/mol. The molecule has 0 fully saturated rings. The van der Waals surface area contributed by atoms with Crippen molar-refractivity contribution in [1.29, 1.82) is 5.26 Å². The van der Waals surface area contributed by atoms with Gasteiger partial charge in [-0.1, -0.05) is 0 Å². The van der Waals surface area contributed by atoms with Crippen LogP contribution in [0.25, 0.3) is 0 Å². The Labute approximate surface area is 96.8 Å². The van der Waals surface area contributed by atoms with E-state index in [1.807, 2.05) is 37.7 Å². The summed E-state index contributed by atoms with van der Waals surface area (Å²) in [6, 6.07) is 4.05. The van der Waals surface area contributed by atoms with Crippen LogP contribution in [-0.4, -0.2) is 23.8 Å². The summed E-state index contributed by atoms with van der Waals surface area (Å²) >= 11 is 0. The summed E-state index contributed by atoms with van der Waals surface area (Å²) < 4.78 is 7.25. The van der Waals surface area contributed by atoms with Crippen LogP contribution < -0.4 is 5.32 Å². The molecule has 0 radical (unpaired) electrons. The zero-order chi connectivity index (χ0) is 12.0. The molecule has 0 spiro atoms. The van der Waals surface area contributed by atoms with Crippen molar-refractivity contribution in [3.63, 3.8) is 0 Å². The van der Waals surface area contributed by atoms with Gasteiger partial charge in [0.15, 0.2) is 0 Å². The lowest BCUT2D eigenvalue weighted by Gasteiger charge is -2.11. The fraction of sp³-hybridized carbons (Fsp3) is 0.583. The van der Waals surface area contributed by atoms with Crippen LogP contribution in [-0.2, 0) is 18.3 Å². The molecule has 16 heavy (non-hydrogen) atoms. The molecule has 0 saturated heterocycles. The number of nitrogens with one attached hydrogen (secondary N) is 1. The minimum absolute atomic E-state index is 0.226. The largest absolute Gasteiger partial charge is 0.377 e. The zero-order valence-corrected chi connectivity index (χ0v) is 10.2. The first-order valence-corrected chi connectivity index (χ1v) is 5.55. The van der Waals surface area contributed by atoms with Crippen LogP contribution in [0.1, 0.15) is 25.1 Å². The van der Waals surface area contributed by atoms with Gasteiger partial charge >= 0.3 is 0 Å². The van der Waals surface area contributed by atoms with Crippen LogP contribution in [0.3, 0.4) is 0 Å². The second-order valence-corrected chi connectivity index (χ2v) is 3.85. The number of aryl methyl sites for hydroxylation is 1. The molecule has 1 aromatic heterocycles. The number of rotatable bonds is 6. The van der Waals surface area contributed by atoms with Crippen LogP contribution in [0.15, 0.2) is 12.3 Å². The first-order valence-electron chi connectivity index (χ1n) is 5.55. The molecule has 1 N–H and O–H groups in total. The third kappa shape index (κ3) is 3.69. The molecule has 1 atom stereocenters. The average Bonchev–Trinajstić information content (AvgIpc) is 2.59. The van der Waals surface area contributed by atoms with E-state index in [4.69, 9.17) is 10.00 Å². The first kappa shape index (κ1) is 12.8. The fourth-order valence-electron chi connectivity index (χ4n) is 1.60. The monoisotopic (exact) mass is 221 g/mol. The molecule has 0 aromatic carbocycles. The predicted molar refractivity (Wildman–Crippen MR) is 62.9 cm³/mol. The fourth-order valence-corrected chi connectivity index (χ4v) is 1.60. The Hall–Kier alpha value is -1.31. The van der Waals surface area contributed by atoms with Crippen molar-refractivity contribution in [2.45, 2.75) is 26.5 Å². The topological polar surface area (TPSA) is 50.0 Å². The molecule has 0 aliphatic rings. The van der Waals surface area contributed by atoms with Gasteiger partial charge in [0, 0.05) is 32.9 Å². The molecule has 4 nitrogen and oxygen atoms in total. The van der Waals surface area contributed by atoms with E-state index in [-0.39, 0.29) is 6.10 Å². The summed E-state index contributed by atoms with van der Waals surface area (Å²) in [7, 11) is 1.88. The van der Waals surface area contributed by atoms with E-state index < -0.39 is 0 Å². The lowest BCUT2D eigenvalue weighted by Crippen LogP contribution is -2.26. The summed E-state index contributed by atoms with van der Waals surface area (Å²) in [5, 5.41) is 12.1. The highest BCUT2D eigenvalue weighted by atomic mass is 16.5. The number of aromatic nitrogens is 1. The number of ether oxygens (including phenoxy) is 1. The third-order valence-corrected chi connectivity index (χ3v) is 2.39. The average molecular weight is 221 g/mol. The van der Waals surface area contributed by atoms with Crippen molar-refractivity contribution in [3.05, 3.63) is 23.5 Å². The van der Waals surface area contributed by atoms with Gasteiger partial charge in [-0.25, -0.2) is 0 Å². The molecule has 88 valence electrons. The second-order valence-electron chi connectivity index (χ2n) is 3.85. The van der Waals surface area contributed by atoms with Gasteiger partial charge in [-0.3, -0.25) is 0 Å². The van der Waals surface area contributed by atoms with Crippen LogP contribution in [0, 0.1) is 11.3 Å². The smallest absolute Gasteiger partial charge is 0.120 e. The van der Waals surface area contributed by atoms with Crippen molar-refractivity contribution in [1.82, 2.24) is 9.88 Å². The zero-order valence-electron chi connectivity index (χ0n) is 10.2. The molecule has 1 heterocycles. The standard InChI is InChI=1S/C12H19N3O/c1-4-16-10(2)7-14-8-11-5-12(6-13)15(3)9-11/h5,9-10,14H,4,7-8H2,1-3H3. The lowest BCUT2D eigenvalue weighted by atomic mass is 10.3. The van der Waals surface area contributed by atoms with E-state index in [0.717, 1.165) is 25.3 Å². The van der Waals surface area contributed by atoms with Crippen LogP contribution in [0.2, 0.25) is 0 Å². The number of nitriles is 1. The molecule has 0 amide bonds. The number of hydrogen-bond donors (Lipinski definition) is 1. The van der Waals surface area contributed by atoms with Gasteiger partial charge in [0.25, 0.3) is 0 Å². The maximum Gasteiger partial charge on any atom is 0.120 e. The van der Waals surface area contributed by atoms with Crippen molar-refractivity contribution in [2.24, 2.45) is 7.05 Å². The molecule has 0 aliphatic carbocycles. The minimum atomic E-state index is 0.226. The highest BCUT2D eigenvalue weighted by molar-refractivity contribution is 5.28. The van der Waals surface area contributed by atoms with Crippen molar-refractivity contribution < 1.29 is 4.74 Å². The Kier molecular flexibility index (Phi) is 5.03. The van der Waals surface area contributed by atoms with Gasteiger partial charge in [0.2, 0.25) is 0 Å². The van der Waals surface area contributed by atoms with E-state index in [1.165, 1.54) is 0 Å². The summed E-state index contributed by atoms with van der Waals surface area (Å²) in [5.74, 6) is 0. The normalized spacial score (nSPS) is 12.4. The number of hydrogen-bond acceptors (Lipinski definition) is 3. The van der Waals surface area contributed by atoms with Crippen molar-refractivity contribution in [3.8, 4) is 6.07 Å². The predicted octanol–water partition coefficient (Wildman–Crippen LogP) is 1.41. The molecule has 1 unspecified atom stereocenters. The lowest BCUT2D eigenvalue weighted by molar-refractivity contribution is 0.0759. The van der Waals surface area contributed by atoms with E-state index in [2.05, 4.69) is 11.4 Å². The van der Waals surface area contributed by atoms with Crippen LogP contribution >= 0.6 is 0 Å². The Morgan fingerprint density at radius 2 is 2.38 bits per heavy atom. The highest BCUT2D eigenvalue weighted by Gasteiger charge is 2.03. The minimum Gasteiger partial charge on any atom is -0.377 e. The molecular formula is C12H19N3O. The second kappa shape index (κ2) is 6.31. The van der Waals surface area contributed by atoms with Gasteiger partial charge in [-0.05, 0) is 25.5 Å². The van der Waals surface area contributed by atoms with Crippen LogP contribution in [0.5, 0.6) is 0 Å². The number of nitrogens with zero attached hydrogens (tertiary/aromatic N) is 2. The summed E-state index contributed by atoms with van der Waals surface area (Å²) in [5.41, 5.74) is 1.82.